The van der Waals surface area contributed by atoms with Crippen LogP contribution < -0.4 is 0 Å². The Morgan fingerprint density at radius 1 is 1.43 bits per heavy atom. The summed E-state index contributed by atoms with van der Waals surface area (Å²) < 4.78 is 22.2. The molecule has 0 radical (unpaired) electrons. The number of sulfone groups is 1. The molecule has 116 valence electrons. The zero-order valence-electron chi connectivity index (χ0n) is 11.9. The zero-order valence-corrected chi connectivity index (χ0v) is 13.6. The van der Waals surface area contributed by atoms with Gasteiger partial charge in [0.1, 0.15) is 9.84 Å². The van der Waals surface area contributed by atoms with Gasteiger partial charge in [-0.1, -0.05) is 6.07 Å². The number of piperidine rings is 1. The van der Waals surface area contributed by atoms with Gasteiger partial charge >= 0.3 is 0 Å². The fraction of sp³-hybridized carbons (Fsp3) is 0.571. The maximum Gasteiger partial charge on any atom is 0.223 e. The topological polar surface area (TPSA) is 71.5 Å². The fourth-order valence-electron chi connectivity index (χ4n) is 2.47. The first-order valence-electron chi connectivity index (χ1n) is 6.90. The lowest BCUT2D eigenvalue weighted by Gasteiger charge is -2.32. The summed E-state index contributed by atoms with van der Waals surface area (Å²) in [7, 11) is -3.14. The molecule has 0 saturated carbocycles. The summed E-state index contributed by atoms with van der Waals surface area (Å²) >= 11 is 1.42. The van der Waals surface area contributed by atoms with E-state index in [-0.39, 0.29) is 29.8 Å². The van der Waals surface area contributed by atoms with E-state index >= 15 is 0 Å². The van der Waals surface area contributed by atoms with Gasteiger partial charge in [-0.05, 0) is 24.3 Å². The van der Waals surface area contributed by atoms with Crippen LogP contribution in [0.1, 0.15) is 28.9 Å². The van der Waals surface area contributed by atoms with E-state index in [1.165, 1.54) is 11.3 Å². The van der Waals surface area contributed by atoms with Crippen molar-refractivity contribution in [2.75, 3.05) is 25.1 Å². The second kappa shape index (κ2) is 6.70. The molecule has 0 N–H and O–H groups in total. The van der Waals surface area contributed by atoms with Crippen LogP contribution in [0, 0.1) is 5.92 Å². The van der Waals surface area contributed by atoms with E-state index < -0.39 is 9.84 Å². The Bertz CT molecular complexity index is 607. The third kappa shape index (κ3) is 4.64. The Balaban J connectivity index is 1.94. The summed E-state index contributed by atoms with van der Waals surface area (Å²) in [5.74, 6) is -0.388. The molecule has 1 fully saturated rings. The number of rotatable bonds is 5. The van der Waals surface area contributed by atoms with Gasteiger partial charge < -0.3 is 4.90 Å². The van der Waals surface area contributed by atoms with E-state index in [1.54, 1.807) is 11.0 Å². The number of thiophene rings is 1. The molecule has 0 spiro atoms. The van der Waals surface area contributed by atoms with Crippen LogP contribution in [-0.2, 0) is 14.6 Å². The molecule has 0 aromatic carbocycles. The minimum atomic E-state index is -3.14. The Morgan fingerprint density at radius 3 is 2.81 bits per heavy atom. The molecule has 1 unspecified atom stereocenters. The molecule has 1 aliphatic rings. The van der Waals surface area contributed by atoms with Crippen LogP contribution in [0.3, 0.4) is 0 Å². The van der Waals surface area contributed by atoms with Crippen molar-refractivity contribution in [1.29, 1.82) is 0 Å². The summed E-state index contributed by atoms with van der Waals surface area (Å²) in [5.41, 5.74) is 0. The van der Waals surface area contributed by atoms with Crippen molar-refractivity contribution in [3.63, 3.8) is 0 Å². The van der Waals surface area contributed by atoms with Crippen LogP contribution in [0.2, 0.25) is 0 Å². The number of hydrogen-bond donors (Lipinski definition) is 0. The molecule has 1 saturated heterocycles. The van der Waals surface area contributed by atoms with Crippen molar-refractivity contribution in [1.82, 2.24) is 4.90 Å². The van der Waals surface area contributed by atoms with Crippen LogP contribution in [-0.4, -0.2) is 50.1 Å². The first kappa shape index (κ1) is 16.2. The molecule has 2 rings (SSSR count). The van der Waals surface area contributed by atoms with Gasteiger partial charge in [-0.3, -0.25) is 9.59 Å². The van der Waals surface area contributed by atoms with Crippen LogP contribution in [0.4, 0.5) is 0 Å². The van der Waals surface area contributed by atoms with E-state index in [0.29, 0.717) is 13.1 Å². The third-order valence-corrected chi connectivity index (χ3v) is 5.43. The second-order valence-corrected chi connectivity index (χ2v) is 8.61. The molecule has 1 atom stereocenters. The van der Waals surface area contributed by atoms with Gasteiger partial charge in [-0.2, -0.15) is 0 Å². The minimum Gasteiger partial charge on any atom is -0.342 e. The number of carbonyl (C=O) groups is 2. The summed E-state index contributed by atoms with van der Waals surface area (Å²) in [4.78, 5) is 26.7. The Labute approximate surface area is 128 Å². The average Bonchev–Trinajstić information content (AvgIpc) is 2.97. The van der Waals surface area contributed by atoms with Gasteiger partial charge in [0.15, 0.2) is 5.78 Å². The molecule has 21 heavy (non-hydrogen) atoms. The molecule has 2 heterocycles. The lowest BCUT2D eigenvalue weighted by atomic mass is 9.93. The van der Waals surface area contributed by atoms with E-state index in [4.69, 9.17) is 0 Å². The lowest BCUT2D eigenvalue weighted by molar-refractivity contribution is -0.132. The molecule has 1 aliphatic heterocycles. The van der Waals surface area contributed by atoms with Crippen molar-refractivity contribution in [2.45, 2.75) is 19.3 Å². The van der Waals surface area contributed by atoms with Gasteiger partial charge in [-0.15, -0.1) is 11.3 Å². The molecule has 1 amide bonds. The Hall–Kier alpha value is -1.21. The second-order valence-electron chi connectivity index (χ2n) is 5.40. The highest BCUT2D eigenvalue weighted by molar-refractivity contribution is 7.90. The number of ketones is 1. The van der Waals surface area contributed by atoms with E-state index in [0.717, 1.165) is 24.0 Å². The summed E-state index contributed by atoms with van der Waals surface area (Å²) in [6.07, 6.45) is 2.69. The fourth-order valence-corrected chi connectivity index (χ4v) is 3.76. The molecule has 7 heteroatoms. The van der Waals surface area contributed by atoms with Crippen LogP contribution in [0.25, 0.3) is 0 Å². The average molecular weight is 329 g/mol. The molecule has 5 nitrogen and oxygen atoms in total. The van der Waals surface area contributed by atoms with Crippen molar-refractivity contribution < 1.29 is 18.0 Å². The number of carbonyl (C=O) groups excluding carboxylic acids is 2. The van der Waals surface area contributed by atoms with E-state index in [1.807, 2.05) is 11.4 Å². The summed E-state index contributed by atoms with van der Waals surface area (Å²) in [6, 6.07) is 3.65. The highest BCUT2D eigenvalue weighted by atomic mass is 32.2. The Morgan fingerprint density at radius 2 is 2.19 bits per heavy atom. The van der Waals surface area contributed by atoms with Crippen LogP contribution >= 0.6 is 11.3 Å². The number of amides is 1. The maximum atomic E-state index is 12.3. The number of Topliss-reactive ketones (excluding diaryl/α,β-unsaturated/α-hetero) is 1. The van der Waals surface area contributed by atoms with Crippen molar-refractivity contribution in [3.8, 4) is 0 Å². The monoisotopic (exact) mass is 329 g/mol. The van der Waals surface area contributed by atoms with Gasteiger partial charge in [0, 0.05) is 31.7 Å². The van der Waals surface area contributed by atoms with Gasteiger partial charge in [-0.25, -0.2) is 8.42 Å². The van der Waals surface area contributed by atoms with Crippen molar-refractivity contribution in [3.05, 3.63) is 22.4 Å². The SMILES string of the molecule is CS(=O)(=O)CCC(=O)N1CCCC(C(=O)c2cccs2)C1. The number of nitrogens with zero attached hydrogens (tertiary/aromatic N) is 1. The first-order valence-corrected chi connectivity index (χ1v) is 9.84. The van der Waals surface area contributed by atoms with Crippen LogP contribution in [0.5, 0.6) is 0 Å². The highest BCUT2D eigenvalue weighted by Crippen LogP contribution is 2.23. The minimum absolute atomic E-state index is 0.00124. The molecule has 1 aromatic rings. The van der Waals surface area contributed by atoms with Gasteiger partial charge in [0.05, 0.1) is 10.6 Å². The Kier molecular flexibility index (Phi) is 5.16. The van der Waals surface area contributed by atoms with E-state index in [2.05, 4.69) is 0 Å². The zero-order chi connectivity index (χ0) is 15.5. The normalized spacial score (nSPS) is 19.5. The maximum absolute atomic E-state index is 12.3. The molecule has 0 bridgehead atoms. The highest BCUT2D eigenvalue weighted by Gasteiger charge is 2.29. The molecular formula is C14H19NO4S2. The number of likely N-dealkylation sites (tertiary alicyclic amines) is 1. The summed E-state index contributed by atoms with van der Waals surface area (Å²) in [5, 5.41) is 1.87. The number of hydrogen-bond acceptors (Lipinski definition) is 5. The largest absolute Gasteiger partial charge is 0.342 e. The standard InChI is InChI=1S/C14H19NO4S2/c1-21(18,19)9-6-13(16)15-7-2-4-11(10-15)14(17)12-5-3-8-20-12/h3,5,8,11H,2,4,6-7,9-10H2,1H3. The van der Waals surface area contributed by atoms with Crippen molar-refractivity contribution >= 4 is 32.9 Å². The predicted octanol–water partition coefficient (Wildman–Crippen LogP) is 1.60. The summed E-state index contributed by atoms with van der Waals surface area (Å²) in [6.45, 7) is 1.01. The third-order valence-electron chi connectivity index (χ3n) is 3.60. The first-order chi connectivity index (χ1) is 9.87. The van der Waals surface area contributed by atoms with Crippen LogP contribution in [0.15, 0.2) is 17.5 Å². The van der Waals surface area contributed by atoms with Crippen molar-refractivity contribution in [2.24, 2.45) is 5.92 Å². The smallest absolute Gasteiger partial charge is 0.223 e. The lowest BCUT2D eigenvalue weighted by Crippen LogP contribution is -2.42. The molecule has 0 aliphatic carbocycles. The molecule has 1 aromatic heterocycles. The van der Waals surface area contributed by atoms with Gasteiger partial charge in [0.2, 0.25) is 5.91 Å². The quantitative estimate of drug-likeness (QED) is 0.769. The van der Waals surface area contributed by atoms with Gasteiger partial charge in [0.25, 0.3) is 0 Å². The molecular weight excluding hydrogens is 310 g/mol. The predicted molar refractivity (Wildman–Crippen MR) is 82.3 cm³/mol. The van der Waals surface area contributed by atoms with E-state index in [9.17, 15) is 18.0 Å².